The molecule has 21 heavy (non-hydrogen) atoms. The molecule has 1 aliphatic heterocycles. The molecular weight excluding hydrogens is 278 g/mol. The van der Waals surface area contributed by atoms with Crippen LogP contribution in [0.3, 0.4) is 0 Å². The van der Waals surface area contributed by atoms with Crippen LogP contribution in [-0.4, -0.2) is 44.6 Å². The van der Waals surface area contributed by atoms with E-state index in [9.17, 15) is 8.78 Å². The van der Waals surface area contributed by atoms with Gasteiger partial charge in [-0.1, -0.05) is 0 Å². The minimum Gasteiger partial charge on any atom is -0.493 e. The maximum Gasteiger partial charge on any atom is 0.162 e. The molecule has 0 spiro atoms. The zero-order valence-electron chi connectivity index (χ0n) is 11.8. The number of nitrogens with zero attached hydrogens (tertiary/aromatic N) is 2. The number of hydrogen-bond donors (Lipinski definition) is 0. The molecule has 2 heterocycles. The smallest absolute Gasteiger partial charge is 0.162 e. The van der Waals surface area contributed by atoms with Crippen molar-refractivity contribution in [2.45, 2.75) is 12.3 Å². The van der Waals surface area contributed by atoms with Gasteiger partial charge in [-0.25, -0.2) is 8.78 Å². The molecule has 0 radical (unpaired) electrons. The van der Waals surface area contributed by atoms with Gasteiger partial charge in [0, 0.05) is 23.3 Å². The highest BCUT2D eigenvalue weighted by molar-refractivity contribution is 5.94. The van der Waals surface area contributed by atoms with Crippen LogP contribution in [-0.2, 0) is 0 Å². The van der Waals surface area contributed by atoms with Crippen molar-refractivity contribution in [1.82, 2.24) is 4.98 Å². The van der Waals surface area contributed by atoms with Gasteiger partial charge in [0.15, 0.2) is 23.8 Å². The van der Waals surface area contributed by atoms with Gasteiger partial charge in [-0.05, 0) is 12.1 Å². The van der Waals surface area contributed by atoms with Gasteiger partial charge >= 0.3 is 0 Å². The van der Waals surface area contributed by atoms with Crippen LogP contribution >= 0.6 is 0 Å². The van der Waals surface area contributed by atoms with Crippen molar-refractivity contribution in [1.29, 1.82) is 0 Å². The monoisotopic (exact) mass is 294 g/mol. The van der Waals surface area contributed by atoms with Gasteiger partial charge in [-0.15, -0.1) is 0 Å². The minimum absolute atomic E-state index is 0.0502. The standard InChI is InChI=1S/C15H16F2N2O2/c1-20-14-5-9-12(6-15(14)21-2)18-4-3-13(9)19-7-10(16)11(17)8-19/h3-6,10-11H,7-8H2,1-2H3/t10-,11+. The number of methoxy groups -OCH3 is 2. The molecule has 0 N–H and O–H groups in total. The first-order valence-electron chi connectivity index (χ1n) is 6.68. The molecule has 6 heteroatoms. The van der Waals surface area contributed by atoms with Crippen LogP contribution in [0.5, 0.6) is 11.5 Å². The Balaban J connectivity index is 2.11. The quantitative estimate of drug-likeness (QED) is 0.872. The van der Waals surface area contributed by atoms with Gasteiger partial charge in [0.05, 0.1) is 32.8 Å². The average Bonchev–Trinajstić information content (AvgIpc) is 2.84. The summed E-state index contributed by atoms with van der Waals surface area (Å²) >= 11 is 0. The predicted molar refractivity (Wildman–Crippen MR) is 76.9 cm³/mol. The Morgan fingerprint density at radius 2 is 1.71 bits per heavy atom. The van der Waals surface area contributed by atoms with Crippen LogP contribution in [0.25, 0.3) is 10.9 Å². The Morgan fingerprint density at radius 1 is 1.10 bits per heavy atom. The number of aromatic nitrogens is 1. The third-order valence-electron chi connectivity index (χ3n) is 3.75. The summed E-state index contributed by atoms with van der Waals surface area (Å²) in [4.78, 5) is 5.99. The molecule has 1 saturated heterocycles. The van der Waals surface area contributed by atoms with Crippen molar-refractivity contribution >= 4 is 16.6 Å². The first kappa shape index (κ1) is 13.9. The average molecular weight is 294 g/mol. The summed E-state index contributed by atoms with van der Waals surface area (Å²) in [6.45, 7) is 0.100. The van der Waals surface area contributed by atoms with Gasteiger partial charge in [-0.2, -0.15) is 0 Å². The lowest BCUT2D eigenvalue weighted by Crippen LogP contribution is -2.20. The number of rotatable bonds is 3. The van der Waals surface area contributed by atoms with Crippen molar-refractivity contribution in [3.63, 3.8) is 0 Å². The zero-order valence-corrected chi connectivity index (χ0v) is 11.8. The summed E-state index contributed by atoms with van der Waals surface area (Å²) in [6, 6.07) is 5.31. The van der Waals surface area contributed by atoms with E-state index in [-0.39, 0.29) is 13.1 Å². The van der Waals surface area contributed by atoms with E-state index < -0.39 is 12.3 Å². The molecule has 0 amide bonds. The number of hydrogen-bond acceptors (Lipinski definition) is 4. The molecule has 0 unspecified atom stereocenters. The molecule has 3 rings (SSSR count). The second-order valence-corrected chi connectivity index (χ2v) is 4.99. The first-order valence-corrected chi connectivity index (χ1v) is 6.68. The molecule has 1 aromatic heterocycles. The molecule has 4 nitrogen and oxygen atoms in total. The fourth-order valence-corrected chi connectivity index (χ4v) is 2.65. The summed E-state index contributed by atoms with van der Waals surface area (Å²) in [5.41, 5.74) is 1.45. The summed E-state index contributed by atoms with van der Waals surface area (Å²) < 4.78 is 37.4. The maximum absolute atomic E-state index is 13.4. The van der Waals surface area contributed by atoms with Crippen LogP contribution in [0.4, 0.5) is 14.5 Å². The number of alkyl halides is 2. The van der Waals surface area contributed by atoms with Gasteiger partial charge in [0.2, 0.25) is 0 Å². The lowest BCUT2D eigenvalue weighted by atomic mass is 10.1. The third kappa shape index (κ3) is 2.34. The number of anilines is 1. The zero-order chi connectivity index (χ0) is 15.0. The highest BCUT2D eigenvalue weighted by atomic mass is 19.2. The van der Waals surface area contributed by atoms with Gasteiger partial charge in [0.1, 0.15) is 0 Å². The number of fused-ring (bicyclic) bond motifs is 1. The van der Waals surface area contributed by atoms with E-state index >= 15 is 0 Å². The number of pyridine rings is 1. The van der Waals surface area contributed by atoms with E-state index in [1.54, 1.807) is 43.5 Å². The molecule has 2 aromatic rings. The van der Waals surface area contributed by atoms with Crippen molar-refractivity contribution < 1.29 is 18.3 Å². The fourth-order valence-electron chi connectivity index (χ4n) is 2.65. The van der Waals surface area contributed by atoms with E-state index in [2.05, 4.69) is 4.98 Å². The molecule has 0 saturated carbocycles. The first-order chi connectivity index (χ1) is 10.1. The second-order valence-electron chi connectivity index (χ2n) is 4.99. The van der Waals surface area contributed by atoms with Gasteiger partial charge < -0.3 is 14.4 Å². The van der Waals surface area contributed by atoms with Crippen molar-refractivity contribution in [2.24, 2.45) is 0 Å². The summed E-state index contributed by atoms with van der Waals surface area (Å²) in [6.07, 6.45) is -1.27. The highest BCUT2D eigenvalue weighted by Gasteiger charge is 2.33. The topological polar surface area (TPSA) is 34.6 Å². The van der Waals surface area contributed by atoms with Crippen LogP contribution in [0.1, 0.15) is 0 Å². The number of benzene rings is 1. The molecule has 0 bridgehead atoms. The van der Waals surface area contributed by atoms with E-state index in [1.807, 2.05) is 0 Å². The molecule has 112 valence electrons. The van der Waals surface area contributed by atoms with E-state index in [1.165, 1.54) is 0 Å². The van der Waals surface area contributed by atoms with Crippen LogP contribution in [0.15, 0.2) is 24.4 Å². The van der Waals surface area contributed by atoms with Gasteiger partial charge in [0.25, 0.3) is 0 Å². The lowest BCUT2D eigenvalue weighted by Gasteiger charge is -2.20. The Kier molecular flexibility index (Phi) is 3.53. The SMILES string of the molecule is COc1cc2nccc(N3C[C@@H](F)[C@@H](F)C3)c2cc1OC. The molecule has 1 aromatic carbocycles. The molecular formula is C15H16F2N2O2. The Labute approximate surface area is 121 Å². The predicted octanol–water partition coefficient (Wildman–Crippen LogP) is 2.75. The third-order valence-corrected chi connectivity index (χ3v) is 3.75. The number of halogens is 2. The van der Waals surface area contributed by atoms with Crippen molar-refractivity contribution in [3.8, 4) is 11.5 Å². The summed E-state index contributed by atoms with van der Waals surface area (Å²) in [5, 5.41) is 0.788. The fraction of sp³-hybridized carbons (Fsp3) is 0.400. The molecule has 0 aliphatic carbocycles. The molecule has 1 aliphatic rings. The van der Waals surface area contributed by atoms with Crippen molar-refractivity contribution in [2.75, 3.05) is 32.2 Å². The van der Waals surface area contributed by atoms with E-state index in [0.717, 1.165) is 11.1 Å². The molecule has 2 atom stereocenters. The summed E-state index contributed by atoms with van der Waals surface area (Å²) in [7, 11) is 3.10. The Hall–Kier alpha value is -2.11. The number of ether oxygens (including phenoxy) is 2. The van der Waals surface area contributed by atoms with Crippen LogP contribution < -0.4 is 14.4 Å². The van der Waals surface area contributed by atoms with Gasteiger partial charge in [-0.3, -0.25) is 4.98 Å². The molecule has 1 fully saturated rings. The maximum atomic E-state index is 13.4. The van der Waals surface area contributed by atoms with Crippen LogP contribution in [0.2, 0.25) is 0 Å². The Bertz CT molecular complexity index is 655. The second kappa shape index (κ2) is 5.35. The summed E-state index contributed by atoms with van der Waals surface area (Å²) in [5.74, 6) is 1.13. The minimum atomic E-state index is -1.45. The highest BCUT2D eigenvalue weighted by Crippen LogP contribution is 2.37. The van der Waals surface area contributed by atoms with E-state index in [4.69, 9.17) is 9.47 Å². The Morgan fingerprint density at radius 3 is 2.33 bits per heavy atom. The van der Waals surface area contributed by atoms with Crippen molar-refractivity contribution in [3.05, 3.63) is 24.4 Å². The largest absolute Gasteiger partial charge is 0.493 e. The lowest BCUT2D eigenvalue weighted by molar-refractivity contribution is 0.217. The van der Waals surface area contributed by atoms with Crippen LogP contribution in [0, 0.1) is 0 Å². The normalized spacial score (nSPS) is 21.8. The van der Waals surface area contributed by atoms with E-state index in [0.29, 0.717) is 17.0 Å².